The lowest BCUT2D eigenvalue weighted by molar-refractivity contribution is -0.120. The molecule has 1 aromatic rings. The van der Waals surface area contributed by atoms with Gasteiger partial charge in [0.15, 0.2) is 0 Å². The lowest BCUT2D eigenvalue weighted by atomic mass is 9.97. The van der Waals surface area contributed by atoms with Gasteiger partial charge in [-0.1, -0.05) is 6.92 Å². The number of carbonyl (C=O) groups excluding carboxylic acids is 1. The van der Waals surface area contributed by atoms with Gasteiger partial charge < -0.3 is 10.6 Å². The summed E-state index contributed by atoms with van der Waals surface area (Å²) in [6.07, 6.45) is 0. The van der Waals surface area contributed by atoms with Crippen molar-refractivity contribution in [2.45, 2.75) is 6.92 Å². The van der Waals surface area contributed by atoms with E-state index in [9.17, 15) is 4.79 Å². The van der Waals surface area contributed by atoms with Gasteiger partial charge >= 0.3 is 0 Å². The molecule has 16 heavy (non-hydrogen) atoms. The van der Waals surface area contributed by atoms with Crippen LogP contribution in [-0.4, -0.2) is 19.0 Å². The average Bonchev–Trinajstić information content (AvgIpc) is 2.86. The van der Waals surface area contributed by atoms with E-state index < -0.39 is 0 Å². The molecule has 0 aromatic carbocycles. The molecule has 0 saturated carbocycles. The Hall–Kier alpha value is -1.38. The molecule has 5 heteroatoms. The van der Waals surface area contributed by atoms with E-state index in [2.05, 4.69) is 23.6 Å². The highest BCUT2D eigenvalue weighted by molar-refractivity contribution is 7.14. The number of carbonyl (C=O) groups is 1. The molecule has 2 heterocycles. The van der Waals surface area contributed by atoms with Crippen molar-refractivity contribution < 1.29 is 4.79 Å². The van der Waals surface area contributed by atoms with Gasteiger partial charge in [0.1, 0.15) is 11.1 Å². The Bertz CT molecular complexity index is 435. The molecule has 84 valence electrons. The minimum Gasteiger partial charge on any atom is -0.316 e. The molecule has 0 spiro atoms. The fraction of sp³-hybridized carbons (Fsp3) is 0.455. The molecular weight excluding hydrogens is 222 g/mol. The Morgan fingerprint density at radius 2 is 2.50 bits per heavy atom. The Morgan fingerprint density at radius 1 is 1.69 bits per heavy atom. The number of amides is 1. The van der Waals surface area contributed by atoms with Gasteiger partial charge in [-0.2, -0.15) is 5.26 Å². The van der Waals surface area contributed by atoms with Crippen molar-refractivity contribution in [1.82, 2.24) is 5.32 Å². The van der Waals surface area contributed by atoms with E-state index in [1.807, 2.05) is 5.38 Å². The van der Waals surface area contributed by atoms with Crippen molar-refractivity contribution in [3.8, 4) is 6.07 Å². The largest absolute Gasteiger partial charge is 0.316 e. The standard InChI is InChI=1S/C11H13N3OS/c1-7-5-13-6-9(7)10(15)14-11-8(4-12)2-3-16-11/h2-3,7,9,13H,5-6H2,1H3,(H,14,15). The maximum absolute atomic E-state index is 11.9. The van der Waals surface area contributed by atoms with Crippen LogP contribution in [0.3, 0.4) is 0 Å². The van der Waals surface area contributed by atoms with E-state index >= 15 is 0 Å². The van der Waals surface area contributed by atoms with Gasteiger partial charge in [0.05, 0.1) is 11.5 Å². The molecule has 2 rings (SSSR count). The molecule has 1 aliphatic heterocycles. The fourth-order valence-corrected chi connectivity index (χ4v) is 2.60. The van der Waals surface area contributed by atoms with Gasteiger partial charge in [-0.15, -0.1) is 11.3 Å². The third-order valence-corrected chi connectivity index (χ3v) is 3.71. The predicted molar refractivity (Wildman–Crippen MR) is 63.2 cm³/mol. The number of thiophene rings is 1. The van der Waals surface area contributed by atoms with Crippen molar-refractivity contribution in [2.24, 2.45) is 11.8 Å². The van der Waals surface area contributed by atoms with Crippen LogP contribution >= 0.6 is 11.3 Å². The smallest absolute Gasteiger partial charge is 0.229 e. The SMILES string of the molecule is CC1CNCC1C(=O)Nc1sccc1C#N. The van der Waals surface area contributed by atoms with Gasteiger partial charge in [-0.05, 0) is 23.9 Å². The minimum atomic E-state index is 0.00800. The number of anilines is 1. The van der Waals surface area contributed by atoms with Crippen LogP contribution in [-0.2, 0) is 4.79 Å². The van der Waals surface area contributed by atoms with Gasteiger partial charge in [-0.3, -0.25) is 4.79 Å². The maximum atomic E-state index is 11.9. The third kappa shape index (κ3) is 2.08. The molecule has 1 saturated heterocycles. The monoisotopic (exact) mass is 235 g/mol. The molecule has 1 amide bonds. The lowest BCUT2D eigenvalue weighted by Crippen LogP contribution is -2.27. The van der Waals surface area contributed by atoms with Crippen molar-refractivity contribution >= 4 is 22.2 Å². The lowest BCUT2D eigenvalue weighted by Gasteiger charge is -2.13. The normalized spacial score (nSPS) is 24.0. The van der Waals surface area contributed by atoms with Crippen molar-refractivity contribution in [3.05, 3.63) is 17.0 Å². The number of hydrogen-bond acceptors (Lipinski definition) is 4. The number of nitriles is 1. The zero-order valence-corrected chi connectivity index (χ0v) is 9.80. The van der Waals surface area contributed by atoms with Crippen LogP contribution in [0.4, 0.5) is 5.00 Å². The second kappa shape index (κ2) is 4.64. The molecule has 4 nitrogen and oxygen atoms in total. The summed E-state index contributed by atoms with van der Waals surface area (Å²) in [5, 5.41) is 17.3. The topological polar surface area (TPSA) is 64.9 Å². The maximum Gasteiger partial charge on any atom is 0.229 e. The molecular formula is C11H13N3OS. The quantitative estimate of drug-likeness (QED) is 0.814. The number of nitrogens with zero attached hydrogens (tertiary/aromatic N) is 1. The number of nitrogens with one attached hydrogen (secondary N) is 2. The Balaban J connectivity index is 2.05. The molecule has 1 aliphatic rings. The van der Waals surface area contributed by atoms with Crippen molar-refractivity contribution in [2.75, 3.05) is 18.4 Å². The first-order valence-electron chi connectivity index (χ1n) is 5.21. The van der Waals surface area contributed by atoms with Gasteiger partial charge in [0.25, 0.3) is 0 Å². The Morgan fingerprint density at radius 3 is 3.12 bits per heavy atom. The summed E-state index contributed by atoms with van der Waals surface area (Å²) < 4.78 is 0. The Kier molecular flexibility index (Phi) is 3.22. The fourth-order valence-electron chi connectivity index (χ4n) is 1.86. The second-order valence-electron chi connectivity index (χ2n) is 4.01. The van der Waals surface area contributed by atoms with E-state index in [1.54, 1.807) is 6.07 Å². The van der Waals surface area contributed by atoms with Crippen LogP contribution in [0, 0.1) is 23.2 Å². The molecule has 1 aromatic heterocycles. The molecule has 1 fully saturated rings. The summed E-state index contributed by atoms with van der Waals surface area (Å²) in [5.74, 6) is 0.371. The van der Waals surface area contributed by atoms with Crippen LogP contribution < -0.4 is 10.6 Å². The van der Waals surface area contributed by atoms with E-state index in [0.29, 0.717) is 16.5 Å². The Labute approximate surface area is 98.3 Å². The molecule has 0 bridgehead atoms. The first kappa shape index (κ1) is 11.1. The van der Waals surface area contributed by atoms with Gasteiger partial charge in [0.2, 0.25) is 5.91 Å². The van der Waals surface area contributed by atoms with Crippen LogP contribution in [0.15, 0.2) is 11.4 Å². The molecule has 0 aliphatic carbocycles. The molecule has 2 atom stereocenters. The summed E-state index contributed by atoms with van der Waals surface area (Å²) in [6.45, 7) is 3.66. The second-order valence-corrected chi connectivity index (χ2v) is 4.92. The molecule has 2 N–H and O–H groups in total. The summed E-state index contributed by atoms with van der Waals surface area (Å²) in [6, 6.07) is 3.78. The summed E-state index contributed by atoms with van der Waals surface area (Å²) in [5.41, 5.74) is 0.539. The van der Waals surface area contributed by atoms with Gasteiger partial charge in [0, 0.05) is 6.54 Å². The summed E-state index contributed by atoms with van der Waals surface area (Å²) >= 11 is 1.39. The van der Waals surface area contributed by atoms with Crippen LogP contribution in [0.25, 0.3) is 0 Å². The van der Waals surface area contributed by atoms with E-state index in [4.69, 9.17) is 5.26 Å². The zero-order chi connectivity index (χ0) is 11.5. The molecule has 0 radical (unpaired) electrons. The highest BCUT2D eigenvalue weighted by Crippen LogP contribution is 2.24. The highest BCUT2D eigenvalue weighted by atomic mass is 32.1. The predicted octanol–water partition coefficient (Wildman–Crippen LogP) is 1.41. The average molecular weight is 235 g/mol. The first-order chi connectivity index (χ1) is 7.72. The van der Waals surface area contributed by atoms with Crippen LogP contribution in [0.5, 0.6) is 0 Å². The first-order valence-corrected chi connectivity index (χ1v) is 6.09. The summed E-state index contributed by atoms with van der Waals surface area (Å²) in [7, 11) is 0. The minimum absolute atomic E-state index is 0.00800. The highest BCUT2D eigenvalue weighted by Gasteiger charge is 2.29. The summed E-state index contributed by atoms with van der Waals surface area (Å²) in [4.78, 5) is 11.9. The van der Waals surface area contributed by atoms with Crippen molar-refractivity contribution in [3.63, 3.8) is 0 Å². The van der Waals surface area contributed by atoms with E-state index in [-0.39, 0.29) is 11.8 Å². The zero-order valence-electron chi connectivity index (χ0n) is 8.99. The van der Waals surface area contributed by atoms with E-state index in [1.165, 1.54) is 11.3 Å². The van der Waals surface area contributed by atoms with Crippen LogP contribution in [0.2, 0.25) is 0 Å². The van der Waals surface area contributed by atoms with Gasteiger partial charge in [-0.25, -0.2) is 0 Å². The van der Waals surface area contributed by atoms with Crippen molar-refractivity contribution in [1.29, 1.82) is 5.26 Å². The third-order valence-electron chi connectivity index (χ3n) is 2.88. The van der Waals surface area contributed by atoms with E-state index in [0.717, 1.165) is 13.1 Å². The number of rotatable bonds is 2. The number of hydrogen-bond donors (Lipinski definition) is 2. The molecule has 2 unspecified atom stereocenters. The van der Waals surface area contributed by atoms with Crippen LogP contribution in [0.1, 0.15) is 12.5 Å².